The number of pyridine rings is 1. The molecule has 0 amide bonds. The fourth-order valence-corrected chi connectivity index (χ4v) is 1.39. The lowest BCUT2D eigenvalue weighted by Gasteiger charge is -2.11. The van der Waals surface area contributed by atoms with Gasteiger partial charge in [-0.15, -0.1) is 0 Å². The van der Waals surface area contributed by atoms with Gasteiger partial charge in [-0.2, -0.15) is 0 Å². The number of allylic oxidation sites excluding steroid dienone is 1. The van der Waals surface area contributed by atoms with Crippen LogP contribution in [0.2, 0.25) is 0 Å². The second-order valence-corrected chi connectivity index (χ2v) is 4.01. The van der Waals surface area contributed by atoms with Crippen LogP contribution in [-0.2, 0) is 0 Å². The molecule has 2 rings (SSSR count). The summed E-state index contributed by atoms with van der Waals surface area (Å²) in [4.78, 5) is 5.88. The Morgan fingerprint density at radius 1 is 0.944 bits per heavy atom. The van der Waals surface area contributed by atoms with Crippen molar-refractivity contribution in [1.29, 1.82) is 0 Å². The van der Waals surface area contributed by atoms with Crippen LogP contribution in [0, 0.1) is 0 Å². The third-order valence-electron chi connectivity index (χ3n) is 2.34. The largest absolute Gasteiger partial charge is 0.378 e. The van der Waals surface area contributed by atoms with Gasteiger partial charge < -0.3 is 4.90 Å². The zero-order valence-corrected chi connectivity index (χ0v) is 11.2. The highest BCUT2D eigenvalue weighted by Crippen LogP contribution is 2.12. The van der Waals surface area contributed by atoms with Gasteiger partial charge in [0.2, 0.25) is 0 Å². The highest BCUT2D eigenvalue weighted by Gasteiger charge is 1.92. The van der Waals surface area contributed by atoms with Gasteiger partial charge in [0.15, 0.2) is 0 Å². The molecule has 0 bridgehead atoms. The third kappa shape index (κ3) is 5.30. The highest BCUT2D eigenvalue weighted by atomic mass is 15.1. The number of benzene rings is 1. The molecule has 94 valence electrons. The minimum atomic E-state index is 1.24. The van der Waals surface area contributed by atoms with Crippen molar-refractivity contribution in [3.63, 3.8) is 0 Å². The predicted octanol–water partition coefficient (Wildman–Crippen LogP) is 3.87. The predicted molar refractivity (Wildman–Crippen MR) is 79.7 cm³/mol. The molecule has 0 aliphatic carbocycles. The number of rotatable bonds is 2. The maximum atomic E-state index is 3.78. The molecule has 0 spiro atoms. The average molecular weight is 240 g/mol. The summed E-state index contributed by atoms with van der Waals surface area (Å²) in [6.07, 6.45) is 7.64. The molecule has 0 atom stereocenters. The third-order valence-corrected chi connectivity index (χ3v) is 2.34. The lowest BCUT2D eigenvalue weighted by Crippen LogP contribution is -2.07. The van der Waals surface area contributed by atoms with Gasteiger partial charge in [-0.3, -0.25) is 4.98 Å². The zero-order valence-electron chi connectivity index (χ0n) is 11.2. The summed E-state index contributed by atoms with van der Waals surface area (Å²) in [7, 11) is 4.09. The van der Waals surface area contributed by atoms with Gasteiger partial charge in [0.25, 0.3) is 0 Å². The van der Waals surface area contributed by atoms with E-state index >= 15 is 0 Å². The number of anilines is 1. The second kappa shape index (κ2) is 8.07. The number of hydrogen-bond donors (Lipinski definition) is 0. The lowest BCUT2D eigenvalue weighted by atomic mass is 10.2. The Bertz CT molecular complexity index is 418. The molecule has 0 saturated heterocycles. The first-order valence-electron chi connectivity index (χ1n) is 5.99. The zero-order chi connectivity index (χ0) is 13.2. The Kier molecular flexibility index (Phi) is 6.26. The van der Waals surface area contributed by atoms with E-state index in [2.05, 4.69) is 40.2 Å². The van der Waals surface area contributed by atoms with Crippen molar-refractivity contribution in [3.05, 3.63) is 66.5 Å². The molecule has 0 radical (unpaired) electrons. The molecule has 1 aromatic heterocycles. The van der Waals surface area contributed by atoms with Crippen LogP contribution < -0.4 is 4.90 Å². The summed E-state index contributed by atoms with van der Waals surface area (Å²) in [6.45, 7) is 2.03. The van der Waals surface area contributed by atoms with Gasteiger partial charge in [-0.1, -0.05) is 30.4 Å². The normalized spacial score (nSPS) is 9.72. The maximum Gasteiger partial charge on any atom is 0.0361 e. The summed E-state index contributed by atoms with van der Waals surface area (Å²) in [5, 5.41) is 0. The first-order valence-corrected chi connectivity index (χ1v) is 5.99. The van der Waals surface area contributed by atoms with Crippen LogP contribution in [-0.4, -0.2) is 19.1 Å². The van der Waals surface area contributed by atoms with Crippen molar-refractivity contribution in [2.24, 2.45) is 0 Å². The Morgan fingerprint density at radius 3 is 1.89 bits per heavy atom. The van der Waals surface area contributed by atoms with Crippen molar-refractivity contribution in [1.82, 2.24) is 4.98 Å². The first-order chi connectivity index (χ1) is 8.74. The standard InChI is InChI=1S/C11H15N.C5H5N/c1-4-5-10-6-8-11(9-7-10)12(2)3;1-2-4-6-5-3-1/h4-9H,1-3H3;1-5H/b5-4+;. The maximum absolute atomic E-state index is 3.78. The highest BCUT2D eigenvalue weighted by molar-refractivity contribution is 5.55. The summed E-state index contributed by atoms with van der Waals surface area (Å²) in [6, 6.07) is 14.2. The van der Waals surface area contributed by atoms with Crippen molar-refractivity contribution in [3.8, 4) is 0 Å². The van der Waals surface area contributed by atoms with Gasteiger partial charge in [0, 0.05) is 32.2 Å². The monoisotopic (exact) mass is 240 g/mol. The Morgan fingerprint density at radius 2 is 1.56 bits per heavy atom. The van der Waals surface area contributed by atoms with E-state index in [1.807, 2.05) is 45.3 Å². The molecule has 2 nitrogen and oxygen atoms in total. The number of hydrogen-bond acceptors (Lipinski definition) is 2. The minimum absolute atomic E-state index is 1.24. The van der Waals surface area contributed by atoms with E-state index in [0.29, 0.717) is 0 Å². The van der Waals surface area contributed by atoms with Gasteiger partial charge in [-0.25, -0.2) is 0 Å². The van der Waals surface area contributed by atoms with Crippen molar-refractivity contribution in [2.75, 3.05) is 19.0 Å². The molecule has 1 heterocycles. The van der Waals surface area contributed by atoms with Gasteiger partial charge >= 0.3 is 0 Å². The Hall–Kier alpha value is -2.09. The van der Waals surface area contributed by atoms with Gasteiger partial charge in [0.05, 0.1) is 0 Å². The molecular formula is C16H20N2. The SMILES string of the molecule is C/C=C/c1ccc(N(C)C)cc1.c1ccncc1. The van der Waals surface area contributed by atoms with Crippen LogP contribution in [0.15, 0.2) is 60.9 Å². The molecule has 18 heavy (non-hydrogen) atoms. The van der Waals surface area contributed by atoms with E-state index in [0.717, 1.165) is 0 Å². The van der Waals surface area contributed by atoms with E-state index in [9.17, 15) is 0 Å². The van der Waals surface area contributed by atoms with Crippen LogP contribution in [0.3, 0.4) is 0 Å². The summed E-state index contributed by atoms with van der Waals surface area (Å²) >= 11 is 0. The summed E-state index contributed by atoms with van der Waals surface area (Å²) in [5.74, 6) is 0. The molecule has 0 aliphatic heterocycles. The molecule has 0 aliphatic rings. The fraction of sp³-hybridized carbons (Fsp3) is 0.188. The molecular weight excluding hydrogens is 220 g/mol. The average Bonchev–Trinajstić information content (AvgIpc) is 2.42. The minimum Gasteiger partial charge on any atom is -0.378 e. The molecule has 1 aromatic carbocycles. The number of nitrogens with zero attached hydrogens (tertiary/aromatic N) is 2. The van der Waals surface area contributed by atoms with E-state index in [1.54, 1.807) is 12.4 Å². The van der Waals surface area contributed by atoms with Crippen LogP contribution in [0.1, 0.15) is 12.5 Å². The van der Waals surface area contributed by atoms with Crippen LogP contribution in [0.4, 0.5) is 5.69 Å². The fourth-order valence-electron chi connectivity index (χ4n) is 1.39. The first kappa shape index (κ1) is 14.0. The van der Waals surface area contributed by atoms with E-state index in [4.69, 9.17) is 0 Å². The van der Waals surface area contributed by atoms with E-state index < -0.39 is 0 Å². The topological polar surface area (TPSA) is 16.1 Å². The molecule has 0 saturated carbocycles. The number of aromatic nitrogens is 1. The summed E-state index contributed by atoms with van der Waals surface area (Å²) in [5.41, 5.74) is 2.49. The molecule has 0 N–H and O–H groups in total. The van der Waals surface area contributed by atoms with Crippen LogP contribution in [0.25, 0.3) is 6.08 Å². The van der Waals surface area contributed by atoms with Crippen molar-refractivity contribution >= 4 is 11.8 Å². The van der Waals surface area contributed by atoms with Crippen molar-refractivity contribution in [2.45, 2.75) is 6.92 Å². The van der Waals surface area contributed by atoms with Crippen LogP contribution >= 0.6 is 0 Å². The van der Waals surface area contributed by atoms with E-state index in [-0.39, 0.29) is 0 Å². The summed E-state index contributed by atoms with van der Waals surface area (Å²) < 4.78 is 0. The smallest absolute Gasteiger partial charge is 0.0361 e. The van der Waals surface area contributed by atoms with Gasteiger partial charge in [-0.05, 0) is 36.8 Å². The van der Waals surface area contributed by atoms with Gasteiger partial charge in [0.1, 0.15) is 0 Å². The molecule has 0 unspecified atom stereocenters. The Labute approximate surface area is 110 Å². The lowest BCUT2D eigenvalue weighted by molar-refractivity contribution is 1.13. The van der Waals surface area contributed by atoms with Crippen LogP contribution in [0.5, 0.6) is 0 Å². The molecule has 2 aromatic rings. The quantitative estimate of drug-likeness (QED) is 0.792. The van der Waals surface area contributed by atoms with E-state index in [1.165, 1.54) is 11.3 Å². The second-order valence-electron chi connectivity index (χ2n) is 4.01. The van der Waals surface area contributed by atoms with Crippen molar-refractivity contribution < 1.29 is 0 Å². The molecule has 2 heteroatoms. The molecule has 0 fully saturated rings. The Balaban J connectivity index is 0.000000225.